The third kappa shape index (κ3) is 6.52. The number of thiol groups is 1. The second-order valence-electron chi connectivity index (χ2n) is 4.04. The Morgan fingerprint density at radius 3 is 1.90 bits per heavy atom. The van der Waals surface area contributed by atoms with Gasteiger partial charge in [0, 0.05) is 5.25 Å². The van der Waals surface area contributed by atoms with E-state index in [4.69, 9.17) is 0 Å². The molecule has 0 aliphatic rings. The first-order chi connectivity index (χ1) is 9.49. The molecule has 0 heterocycles. The van der Waals surface area contributed by atoms with Crippen LogP contribution in [0.2, 0.25) is 0 Å². The maximum absolute atomic E-state index is 9.67. The molecule has 1 unspecified atom stereocenters. The van der Waals surface area contributed by atoms with Crippen LogP contribution in [0.1, 0.15) is 16.4 Å². The second kappa shape index (κ2) is 8.53. The molecule has 0 bridgehead atoms. The van der Waals surface area contributed by atoms with Crippen molar-refractivity contribution in [1.29, 1.82) is 0 Å². The SMILES string of the molecule is FC(F)F.Oc1ccc(C(S)Cc2ccccc2)cc1. The van der Waals surface area contributed by atoms with Crippen molar-refractivity contribution in [2.75, 3.05) is 0 Å². The van der Waals surface area contributed by atoms with Crippen molar-refractivity contribution in [2.45, 2.75) is 18.3 Å². The summed E-state index contributed by atoms with van der Waals surface area (Å²) in [5, 5.41) is 9.37. The zero-order valence-electron chi connectivity index (χ0n) is 10.6. The summed E-state index contributed by atoms with van der Waals surface area (Å²) in [6.45, 7) is -3.67. The highest BCUT2D eigenvalue weighted by molar-refractivity contribution is 7.80. The van der Waals surface area contributed by atoms with Gasteiger partial charge in [-0.25, -0.2) is 0 Å². The highest BCUT2D eigenvalue weighted by atomic mass is 32.1. The Balaban J connectivity index is 0.000000444. The summed E-state index contributed by atoms with van der Waals surface area (Å²) in [5.74, 6) is 0.295. The molecule has 0 saturated carbocycles. The quantitative estimate of drug-likeness (QED) is 0.781. The molecule has 20 heavy (non-hydrogen) atoms. The average molecular weight is 300 g/mol. The summed E-state index contributed by atoms with van der Waals surface area (Å²) >= 11 is 4.58. The van der Waals surface area contributed by atoms with Gasteiger partial charge < -0.3 is 5.11 Å². The zero-order valence-corrected chi connectivity index (χ0v) is 11.5. The Morgan fingerprint density at radius 2 is 1.40 bits per heavy atom. The van der Waals surface area contributed by atoms with E-state index in [9.17, 15) is 18.3 Å². The lowest BCUT2D eigenvalue weighted by Crippen LogP contribution is -1.95. The molecule has 1 N–H and O–H groups in total. The van der Waals surface area contributed by atoms with Gasteiger partial charge in [-0.15, -0.1) is 0 Å². The molecule has 0 spiro atoms. The molecule has 0 amide bonds. The molecule has 0 aliphatic heterocycles. The predicted molar refractivity (Wildman–Crippen MR) is 77.1 cm³/mol. The van der Waals surface area contributed by atoms with Gasteiger partial charge in [0.1, 0.15) is 5.75 Å². The third-order valence-corrected chi connectivity index (χ3v) is 3.03. The van der Waals surface area contributed by atoms with E-state index in [0.717, 1.165) is 12.0 Å². The average Bonchev–Trinajstić information content (AvgIpc) is 2.40. The van der Waals surface area contributed by atoms with Crippen molar-refractivity contribution in [3.8, 4) is 5.75 Å². The summed E-state index contributed by atoms with van der Waals surface area (Å²) < 4.78 is 29.0. The molecule has 0 fully saturated rings. The number of phenols is 1. The summed E-state index contributed by atoms with van der Waals surface area (Å²) in [4.78, 5) is 0. The molecular formula is C15H15F3OS. The number of phenolic OH excluding ortho intramolecular Hbond substituents is 1. The van der Waals surface area contributed by atoms with Gasteiger partial charge >= 0.3 is 6.68 Å². The number of hydrogen-bond donors (Lipinski definition) is 2. The van der Waals surface area contributed by atoms with Gasteiger partial charge in [-0.05, 0) is 29.7 Å². The maximum atomic E-state index is 9.67. The van der Waals surface area contributed by atoms with Gasteiger partial charge in [0.15, 0.2) is 0 Å². The number of hydrogen-bond acceptors (Lipinski definition) is 2. The standard InChI is InChI=1S/C14H14OS.CHF3/c15-13-8-6-12(7-9-13)14(16)10-11-4-2-1-3-5-11;2-1(3)4/h1-9,14-16H,10H2;1H. The van der Waals surface area contributed by atoms with Gasteiger partial charge in [0.25, 0.3) is 0 Å². The number of alkyl halides is 3. The van der Waals surface area contributed by atoms with Gasteiger partial charge in [-0.3, -0.25) is 0 Å². The van der Waals surface area contributed by atoms with E-state index in [1.807, 2.05) is 30.3 Å². The van der Waals surface area contributed by atoms with Crippen LogP contribution >= 0.6 is 12.6 Å². The molecule has 2 rings (SSSR count). The molecule has 108 valence electrons. The number of aromatic hydroxyl groups is 1. The van der Waals surface area contributed by atoms with Crippen LogP contribution < -0.4 is 0 Å². The van der Waals surface area contributed by atoms with Gasteiger partial charge in [-0.2, -0.15) is 25.8 Å². The summed E-state index contributed by atoms with van der Waals surface area (Å²) in [7, 11) is 0. The van der Waals surface area contributed by atoms with Crippen molar-refractivity contribution in [1.82, 2.24) is 0 Å². The monoisotopic (exact) mass is 300 g/mol. The fourth-order valence-corrected chi connectivity index (χ4v) is 2.03. The molecule has 2 aromatic carbocycles. The van der Waals surface area contributed by atoms with E-state index >= 15 is 0 Å². The highest BCUT2D eigenvalue weighted by Crippen LogP contribution is 2.25. The normalized spacial score (nSPS) is 11.7. The zero-order chi connectivity index (χ0) is 15.0. The molecule has 0 aliphatic carbocycles. The maximum Gasteiger partial charge on any atom is 0.379 e. The first-order valence-electron chi connectivity index (χ1n) is 5.92. The Labute approximate surface area is 121 Å². The molecular weight excluding hydrogens is 285 g/mol. The lowest BCUT2D eigenvalue weighted by atomic mass is 10.0. The molecule has 1 nitrogen and oxygen atoms in total. The van der Waals surface area contributed by atoms with Gasteiger partial charge in [-0.1, -0.05) is 42.5 Å². The number of halogens is 3. The summed E-state index contributed by atoms with van der Waals surface area (Å²) in [6, 6.07) is 17.5. The largest absolute Gasteiger partial charge is 0.508 e. The van der Waals surface area contributed by atoms with Crippen LogP contribution in [0, 0.1) is 0 Å². The lowest BCUT2D eigenvalue weighted by Gasteiger charge is -2.11. The van der Waals surface area contributed by atoms with Crippen LogP contribution in [0.4, 0.5) is 13.2 Å². The Bertz CT molecular complexity index is 485. The van der Waals surface area contributed by atoms with Crippen molar-refractivity contribution in [3.05, 3.63) is 65.7 Å². The van der Waals surface area contributed by atoms with E-state index in [-0.39, 0.29) is 5.25 Å². The molecule has 0 radical (unpaired) electrons. The minimum Gasteiger partial charge on any atom is -0.508 e. The van der Waals surface area contributed by atoms with Crippen LogP contribution in [0.3, 0.4) is 0 Å². The Kier molecular flexibility index (Phi) is 7.01. The highest BCUT2D eigenvalue weighted by Gasteiger charge is 2.06. The predicted octanol–water partition coefficient (Wildman–Crippen LogP) is 4.78. The van der Waals surface area contributed by atoms with Gasteiger partial charge in [0.05, 0.1) is 0 Å². The minimum absolute atomic E-state index is 0.169. The molecule has 5 heteroatoms. The molecule has 0 aromatic heterocycles. The summed E-state index contributed by atoms with van der Waals surface area (Å²) in [5.41, 5.74) is 2.40. The van der Waals surface area contributed by atoms with Crippen LogP contribution in [-0.4, -0.2) is 11.8 Å². The third-order valence-electron chi connectivity index (χ3n) is 2.55. The smallest absolute Gasteiger partial charge is 0.379 e. The van der Waals surface area contributed by atoms with Crippen molar-refractivity contribution < 1.29 is 18.3 Å². The van der Waals surface area contributed by atoms with E-state index in [0.29, 0.717) is 5.75 Å². The molecule has 2 aromatic rings. The van der Waals surface area contributed by atoms with Crippen LogP contribution in [-0.2, 0) is 6.42 Å². The Hall–Kier alpha value is -1.62. The minimum atomic E-state index is -3.67. The van der Waals surface area contributed by atoms with E-state index in [1.165, 1.54) is 5.56 Å². The van der Waals surface area contributed by atoms with Gasteiger partial charge in [0.2, 0.25) is 0 Å². The number of rotatable bonds is 3. The van der Waals surface area contributed by atoms with E-state index < -0.39 is 6.68 Å². The van der Waals surface area contributed by atoms with Crippen molar-refractivity contribution >= 4 is 12.6 Å². The van der Waals surface area contributed by atoms with Crippen LogP contribution in [0.5, 0.6) is 5.75 Å². The first-order valence-corrected chi connectivity index (χ1v) is 6.44. The van der Waals surface area contributed by atoms with Crippen molar-refractivity contribution in [3.63, 3.8) is 0 Å². The second-order valence-corrected chi connectivity index (χ2v) is 4.67. The number of benzene rings is 2. The first kappa shape index (κ1) is 16.4. The Morgan fingerprint density at radius 1 is 0.900 bits per heavy atom. The van der Waals surface area contributed by atoms with E-state index in [1.54, 1.807) is 12.1 Å². The lowest BCUT2D eigenvalue weighted by molar-refractivity contribution is 0.00819. The van der Waals surface area contributed by atoms with Crippen molar-refractivity contribution in [2.24, 2.45) is 0 Å². The fraction of sp³-hybridized carbons (Fsp3) is 0.200. The topological polar surface area (TPSA) is 20.2 Å². The van der Waals surface area contributed by atoms with Crippen LogP contribution in [0.15, 0.2) is 54.6 Å². The van der Waals surface area contributed by atoms with E-state index in [2.05, 4.69) is 24.8 Å². The van der Waals surface area contributed by atoms with Crippen LogP contribution in [0.25, 0.3) is 0 Å². The fourth-order valence-electron chi connectivity index (χ4n) is 1.65. The summed E-state index contributed by atoms with van der Waals surface area (Å²) in [6.07, 6.45) is 0.898. The molecule has 1 atom stereocenters. The molecule has 0 saturated heterocycles.